The number of nitrogens with one attached hydrogen (secondary N) is 1. The van der Waals surface area contributed by atoms with E-state index in [1.54, 1.807) is 12.1 Å². The highest BCUT2D eigenvalue weighted by Gasteiger charge is 2.34. The number of benzene rings is 1. The van der Waals surface area contributed by atoms with Crippen LogP contribution in [-0.4, -0.2) is 27.6 Å². The minimum absolute atomic E-state index is 0.147. The summed E-state index contributed by atoms with van der Waals surface area (Å²) in [5.41, 5.74) is -0.625. The lowest BCUT2D eigenvalue weighted by Crippen LogP contribution is -2.53. The largest absolute Gasteiger partial charge is 0.506 e. The number of aliphatic carboxylic acids is 1. The number of phenolic OH excluding ortho intramolecular Hbond substituents is 1. The molecule has 5 nitrogen and oxygen atoms in total. The van der Waals surface area contributed by atoms with Gasteiger partial charge < -0.3 is 15.5 Å². The van der Waals surface area contributed by atoms with E-state index in [4.69, 9.17) is 0 Å². The van der Waals surface area contributed by atoms with Crippen molar-refractivity contribution >= 4 is 57.1 Å². The van der Waals surface area contributed by atoms with Crippen molar-refractivity contribution in [2.24, 2.45) is 0 Å². The molecule has 0 heterocycles. The number of amides is 1. The third kappa shape index (κ3) is 4.20. The van der Waals surface area contributed by atoms with Gasteiger partial charge >= 0.3 is 5.97 Å². The average molecular weight is 489 g/mol. The summed E-state index contributed by atoms with van der Waals surface area (Å²) in [7, 11) is 0. The standard InChI is InChI=1S/C12H13I2NO4/c1-6(16)15-12(2,11(18)19)5-7-3-8(13)10(17)9(14)4-7/h3-4,17H,5H2,1-2H3,(H,15,16)(H,18,19). The van der Waals surface area contributed by atoms with Crippen LogP contribution in [0.1, 0.15) is 19.4 Å². The Kier molecular flexibility index (Phi) is 5.42. The maximum atomic E-state index is 11.3. The van der Waals surface area contributed by atoms with E-state index in [1.165, 1.54) is 13.8 Å². The SMILES string of the molecule is CC(=O)NC(C)(Cc1cc(I)c(O)c(I)c1)C(=O)O. The van der Waals surface area contributed by atoms with Crippen molar-refractivity contribution in [3.63, 3.8) is 0 Å². The summed E-state index contributed by atoms with van der Waals surface area (Å²) in [5, 5.41) is 21.4. The molecule has 0 aliphatic rings. The van der Waals surface area contributed by atoms with Crippen LogP contribution in [0.2, 0.25) is 0 Å². The monoisotopic (exact) mass is 489 g/mol. The van der Waals surface area contributed by atoms with Crippen LogP contribution in [0, 0.1) is 7.14 Å². The Hall–Kier alpha value is -0.580. The van der Waals surface area contributed by atoms with E-state index in [2.05, 4.69) is 5.32 Å². The fourth-order valence-electron chi connectivity index (χ4n) is 1.69. The molecule has 1 aromatic rings. The van der Waals surface area contributed by atoms with Crippen molar-refractivity contribution in [2.75, 3.05) is 0 Å². The van der Waals surface area contributed by atoms with Crippen LogP contribution in [0.15, 0.2) is 12.1 Å². The predicted molar refractivity (Wildman–Crippen MR) is 87.1 cm³/mol. The highest BCUT2D eigenvalue weighted by atomic mass is 127. The van der Waals surface area contributed by atoms with Gasteiger partial charge in [-0.3, -0.25) is 4.79 Å². The van der Waals surface area contributed by atoms with Gasteiger partial charge in [0.05, 0.1) is 7.14 Å². The number of hydrogen-bond acceptors (Lipinski definition) is 3. The lowest BCUT2D eigenvalue weighted by atomic mass is 9.92. The van der Waals surface area contributed by atoms with Crippen LogP contribution in [0.4, 0.5) is 0 Å². The number of hydrogen-bond donors (Lipinski definition) is 3. The molecule has 0 saturated carbocycles. The molecule has 1 aromatic carbocycles. The van der Waals surface area contributed by atoms with Crippen molar-refractivity contribution < 1.29 is 19.8 Å². The van der Waals surface area contributed by atoms with Crippen LogP contribution in [-0.2, 0) is 16.0 Å². The first kappa shape index (κ1) is 16.5. The topological polar surface area (TPSA) is 86.6 Å². The van der Waals surface area contributed by atoms with Gasteiger partial charge in [0.1, 0.15) is 11.3 Å². The van der Waals surface area contributed by atoms with Gasteiger partial charge in [-0.2, -0.15) is 0 Å². The van der Waals surface area contributed by atoms with Gasteiger partial charge in [0, 0.05) is 13.3 Å². The quantitative estimate of drug-likeness (QED) is 0.567. The number of halogens is 2. The Bertz CT molecular complexity index is 509. The maximum absolute atomic E-state index is 11.3. The maximum Gasteiger partial charge on any atom is 0.329 e. The molecule has 1 rings (SSSR count). The van der Waals surface area contributed by atoms with Crippen molar-refractivity contribution in [3.8, 4) is 5.75 Å². The molecule has 0 aliphatic heterocycles. The number of aromatic hydroxyl groups is 1. The molecule has 19 heavy (non-hydrogen) atoms. The minimum Gasteiger partial charge on any atom is -0.506 e. The lowest BCUT2D eigenvalue weighted by Gasteiger charge is -2.26. The van der Waals surface area contributed by atoms with E-state index >= 15 is 0 Å². The molecule has 1 atom stereocenters. The number of carboxylic acids is 1. The van der Waals surface area contributed by atoms with E-state index in [0.29, 0.717) is 7.14 Å². The molecule has 1 unspecified atom stereocenters. The number of carboxylic acid groups (broad SMARTS) is 1. The minimum atomic E-state index is -1.37. The van der Waals surface area contributed by atoms with E-state index < -0.39 is 17.4 Å². The molecule has 0 bridgehead atoms. The fourth-order valence-corrected chi connectivity index (χ4v) is 3.59. The fraction of sp³-hybridized carbons (Fsp3) is 0.333. The summed E-state index contributed by atoms with van der Waals surface area (Å²) in [6.07, 6.45) is 0.147. The normalized spacial score (nSPS) is 13.7. The molecule has 0 aromatic heterocycles. The Balaban J connectivity index is 3.10. The number of carbonyl (C=O) groups is 2. The molecular formula is C12H13I2NO4. The zero-order valence-corrected chi connectivity index (χ0v) is 14.6. The average Bonchev–Trinajstić information content (AvgIpc) is 2.24. The van der Waals surface area contributed by atoms with Gasteiger partial charge in [0.25, 0.3) is 0 Å². The summed E-state index contributed by atoms with van der Waals surface area (Å²) in [4.78, 5) is 22.5. The third-order valence-corrected chi connectivity index (χ3v) is 4.20. The smallest absolute Gasteiger partial charge is 0.329 e. The second-order valence-electron chi connectivity index (χ2n) is 4.40. The molecule has 1 amide bonds. The number of rotatable bonds is 4. The highest BCUT2D eigenvalue weighted by Crippen LogP contribution is 2.28. The first-order valence-corrected chi connectivity index (χ1v) is 7.50. The van der Waals surface area contributed by atoms with Crippen molar-refractivity contribution in [1.29, 1.82) is 0 Å². The van der Waals surface area contributed by atoms with Gasteiger partial charge in [0.15, 0.2) is 0 Å². The second-order valence-corrected chi connectivity index (χ2v) is 6.73. The van der Waals surface area contributed by atoms with Gasteiger partial charge in [-0.25, -0.2) is 4.79 Å². The zero-order valence-electron chi connectivity index (χ0n) is 10.3. The summed E-state index contributed by atoms with van der Waals surface area (Å²) < 4.78 is 1.30. The van der Waals surface area contributed by atoms with E-state index in [9.17, 15) is 19.8 Å². The Morgan fingerprint density at radius 1 is 1.32 bits per heavy atom. The highest BCUT2D eigenvalue weighted by molar-refractivity contribution is 14.1. The van der Waals surface area contributed by atoms with Crippen LogP contribution in [0.5, 0.6) is 5.75 Å². The van der Waals surface area contributed by atoms with E-state index in [1.807, 2.05) is 45.2 Å². The Labute approximate surface area is 138 Å². The molecule has 0 radical (unpaired) electrons. The molecule has 0 spiro atoms. The molecular weight excluding hydrogens is 476 g/mol. The van der Waals surface area contributed by atoms with Crippen LogP contribution < -0.4 is 5.32 Å². The van der Waals surface area contributed by atoms with E-state index in [0.717, 1.165) is 5.56 Å². The summed E-state index contributed by atoms with van der Waals surface area (Å²) in [6, 6.07) is 3.42. The van der Waals surface area contributed by atoms with Crippen molar-refractivity contribution in [1.82, 2.24) is 5.32 Å². The second kappa shape index (κ2) is 6.25. The van der Waals surface area contributed by atoms with Crippen LogP contribution in [0.3, 0.4) is 0 Å². The summed E-state index contributed by atoms with van der Waals surface area (Å²) in [5.74, 6) is -1.31. The molecule has 0 aliphatic carbocycles. The third-order valence-electron chi connectivity index (χ3n) is 2.56. The number of carbonyl (C=O) groups excluding carboxylic acids is 1. The molecule has 7 heteroatoms. The Morgan fingerprint density at radius 2 is 1.79 bits per heavy atom. The van der Waals surface area contributed by atoms with Gasteiger partial charge in [0.2, 0.25) is 5.91 Å². The first-order chi connectivity index (χ1) is 8.65. The molecule has 0 fully saturated rings. The van der Waals surface area contributed by atoms with Gasteiger partial charge in [-0.05, 0) is 69.8 Å². The van der Waals surface area contributed by atoms with Gasteiger partial charge in [-0.15, -0.1) is 0 Å². The predicted octanol–water partition coefficient (Wildman–Crippen LogP) is 2.12. The molecule has 104 valence electrons. The lowest BCUT2D eigenvalue weighted by molar-refractivity contribution is -0.146. The van der Waals surface area contributed by atoms with Crippen molar-refractivity contribution in [2.45, 2.75) is 25.8 Å². The van der Waals surface area contributed by atoms with Gasteiger partial charge in [-0.1, -0.05) is 0 Å². The Morgan fingerprint density at radius 3 is 2.16 bits per heavy atom. The summed E-state index contributed by atoms with van der Waals surface area (Å²) >= 11 is 3.96. The first-order valence-electron chi connectivity index (χ1n) is 5.35. The zero-order chi connectivity index (χ0) is 14.8. The van der Waals surface area contributed by atoms with Crippen LogP contribution in [0.25, 0.3) is 0 Å². The molecule has 3 N–H and O–H groups in total. The molecule has 0 saturated heterocycles. The number of phenols is 1. The van der Waals surface area contributed by atoms with Crippen LogP contribution >= 0.6 is 45.2 Å². The van der Waals surface area contributed by atoms with Crippen molar-refractivity contribution in [3.05, 3.63) is 24.8 Å². The van der Waals surface area contributed by atoms with E-state index in [-0.39, 0.29) is 12.2 Å². The summed E-state index contributed by atoms with van der Waals surface area (Å²) in [6.45, 7) is 2.74.